The minimum absolute atomic E-state index is 0.000984. The second-order valence-corrected chi connectivity index (χ2v) is 7.61. The van der Waals surface area contributed by atoms with Crippen molar-refractivity contribution in [3.05, 3.63) is 65.7 Å². The molecule has 7 nitrogen and oxygen atoms in total. The number of benzene rings is 2. The van der Waals surface area contributed by atoms with E-state index in [-0.39, 0.29) is 31.1 Å². The van der Waals surface area contributed by atoms with Crippen molar-refractivity contribution >= 4 is 17.5 Å². The molecule has 0 aliphatic carbocycles. The number of hydrazone groups is 1. The van der Waals surface area contributed by atoms with E-state index in [0.29, 0.717) is 6.42 Å². The van der Waals surface area contributed by atoms with Crippen LogP contribution in [0.5, 0.6) is 5.75 Å². The van der Waals surface area contributed by atoms with E-state index >= 15 is 0 Å². The maximum absolute atomic E-state index is 13.2. The highest BCUT2D eigenvalue weighted by molar-refractivity contribution is 6.03. The lowest BCUT2D eigenvalue weighted by Crippen LogP contribution is -2.45. The molecule has 3 rings (SSSR count). The summed E-state index contributed by atoms with van der Waals surface area (Å²) in [6, 6.07) is 17.3. The van der Waals surface area contributed by atoms with Crippen LogP contribution in [0.25, 0.3) is 0 Å². The molecule has 0 unspecified atom stereocenters. The number of hydrogen-bond acceptors (Lipinski definition) is 5. The standard InChI is InChI=1S/C23H28N4O3/c1-16(2)26(14-22(24)28)15-23(29)27-21(18-9-11-19(30-3)12-10-18)13-20(25-27)17-7-5-4-6-8-17/h4-12,16,21H,13-15H2,1-3H3,(H2,24,28)/t21-/m0/s1. The first-order valence-corrected chi connectivity index (χ1v) is 10.00. The normalized spacial score (nSPS) is 16.1. The summed E-state index contributed by atoms with van der Waals surface area (Å²) in [6.07, 6.45) is 0.611. The molecule has 1 heterocycles. The van der Waals surface area contributed by atoms with Gasteiger partial charge in [0, 0.05) is 12.5 Å². The molecule has 0 fully saturated rings. The number of methoxy groups -OCH3 is 1. The number of primary amides is 1. The number of nitrogens with two attached hydrogens (primary N) is 1. The molecular formula is C23H28N4O3. The van der Waals surface area contributed by atoms with Crippen LogP contribution < -0.4 is 10.5 Å². The van der Waals surface area contributed by atoms with E-state index in [1.807, 2.05) is 68.4 Å². The van der Waals surface area contributed by atoms with Gasteiger partial charge in [-0.3, -0.25) is 14.5 Å². The van der Waals surface area contributed by atoms with Crippen LogP contribution in [-0.4, -0.2) is 53.7 Å². The molecule has 0 bridgehead atoms. The van der Waals surface area contributed by atoms with Gasteiger partial charge >= 0.3 is 0 Å². The average molecular weight is 409 g/mol. The van der Waals surface area contributed by atoms with Gasteiger partial charge in [-0.2, -0.15) is 5.10 Å². The first-order chi connectivity index (χ1) is 14.4. The third-order valence-electron chi connectivity index (χ3n) is 5.20. The second kappa shape index (κ2) is 9.54. The van der Waals surface area contributed by atoms with Crippen molar-refractivity contribution < 1.29 is 14.3 Å². The summed E-state index contributed by atoms with van der Waals surface area (Å²) in [5.41, 5.74) is 8.18. The predicted octanol–water partition coefficient (Wildman–Crippen LogP) is 2.57. The summed E-state index contributed by atoms with van der Waals surface area (Å²) in [5.74, 6) is 0.126. The Labute approximate surface area is 177 Å². The zero-order valence-electron chi connectivity index (χ0n) is 17.6. The fraction of sp³-hybridized carbons (Fsp3) is 0.348. The van der Waals surface area contributed by atoms with Crippen molar-refractivity contribution in [1.82, 2.24) is 9.91 Å². The molecule has 0 saturated heterocycles. The summed E-state index contributed by atoms with van der Waals surface area (Å²) in [6.45, 7) is 3.96. The maximum Gasteiger partial charge on any atom is 0.257 e. The van der Waals surface area contributed by atoms with Crippen LogP contribution in [0.1, 0.15) is 37.4 Å². The molecule has 1 aliphatic heterocycles. The van der Waals surface area contributed by atoms with Gasteiger partial charge in [-0.1, -0.05) is 42.5 Å². The Bertz CT molecular complexity index is 910. The van der Waals surface area contributed by atoms with Gasteiger partial charge in [0.2, 0.25) is 5.91 Å². The largest absolute Gasteiger partial charge is 0.497 e. The van der Waals surface area contributed by atoms with Gasteiger partial charge in [-0.25, -0.2) is 5.01 Å². The molecule has 2 amide bonds. The van der Waals surface area contributed by atoms with Crippen molar-refractivity contribution in [2.45, 2.75) is 32.4 Å². The third-order valence-corrected chi connectivity index (χ3v) is 5.20. The molecule has 1 atom stereocenters. The highest BCUT2D eigenvalue weighted by Gasteiger charge is 2.34. The number of nitrogens with zero attached hydrogens (tertiary/aromatic N) is 3. The molecule has 2 N–H and O–H groups in total. The number of carbonyl (C=O) groups is 2. The molecule has 7 heteroatoms. The average Bonchev–Trinajstić information content (AvgIpc) is 3.19. The number of carbonyl (C=O) groups excluding carboxylic acids is 2. The van der Waals surface area contributed by atoms with Crippen molar-refractivity contribution in [1.29, 1.82) is 0 Å². The van der Waals surface area contributed by atoms with Gasteiger partial charge in [0.1, 0.15) is 5.75 Å². The van der Waals surface area contributed by atoms with Crippen LogP contribution in [0.4, 0.5) is 0 Å². The second-order valence-electron chi connectivity index (χ2n) is 7.61. The third kappa shape index (κ3) is 5.04. The summed E-state index contributed by atoms with van der Waals surface area (Å²) in [4.78, 5) is 26.4. The summed E-state index contributed by atoms with van der Waals surface area (Å²) < 4.78 is 5.25. The highest BCUT2D eigenvalue weighted by Crippen LogP contribution is 2.33. The lowest BCUT2D eigenvalue weighted by molar-refractivity contribution is -0.135. The summed E-state index contributed by atoms with van der Waals surface area (Å²) in [7, 11) is 1.62. The van der Waals surface area contributed by atoms with Crippen LogP contribution >= 0.6 is 0 Å². The number of amides is 2. The SMILES string of the molecule is COc1ccc([C@@H]2CC(c3ccccc3)=NN2C(=O)CN(CC(N)=O)C(C)C)cc1. The Morgan fingerprint density at radius 1 is 1.13 bits per heavy atom. The molecule has 0 aromatic heterocycles. The Morgan fingerprint density at radius 2 is 1.80 bits per heavy atom. The molecule has 2 aromatic rings. The summed E-state index contributed by atoms with van der Waals surface area (Å²) >= 11 is 0. The van der Waals surface area contributed by atoms with Crippen molar-refractivity contribution in [3.8, 4) is 5.75 Å². The molecule has 0 radical (unpaired) electrons. The maximum atomic E-state index is 13.2. The van der Waals surface area contributed by atoms with Crippen LogP contribution in [0.3, 0.4) is 0 Å². The van der Waals surface area contributed by atoms with Crippen LogP contribution in [0, 0.1) is 0 Å². The highest BCUT2D eigenvalue weighted by atomic mass is 16.5. The van der Waals surface area contributed by atoms with Gasteiger partial charge in [-0.15, -0.1) is 0 Å². The summed E-state index contributed by atoms with van der Waals surface area (Å²) in [5, 5.41) is 6.22. The Balaban J connectivity index is 1.89. The lowest BCUT2D eigenvalue weighted by Gasteiger charge is -2.28. The van der Waals surface area contributed by atoms with Crippen molar-refractivity contribution in [2.75, 3.05) is 20.2 Å². The van der Waals surface area contributed by atoms with Gasteiger partial charge < -0.3 is 10.5 Å². The predicted molar refractivity (Wildman–Crippen MR) is 116 cm³/mol. The van der Waals surface area contributed by atoms with Gasteiger partial charge in [0.05, 0.1) is 32.0 Å². The van der Waals surface area contributed by atoms with Crippen LogP contribution in [0.15, 0.2) is 59.7 Å². The molecule has 1 aliphatic rings. The van der Waals surface area contributed by atoms with E-state index in [1.54, 1.807) is 17.0 Å². The van der Waals surface area contributed by atoms with E-state index < -0.39 is 5.91 Å². The van der Waals surface area contributed by atoms with Crippen LogP contribution in [-0.2, 0) is 9.59 Å². The molecular weight excluding hydrogens is 380 g/mol. The van der Waals surface area contributed by atoms with E-state index in [2.05, 4.69) is 5.10 Å². The molecule has 30 heavy (non-hydrogen) atoms. The van der Waals surface area contributed by atoms with Crippen molar-refractivity contribution in [2.24, 2.45) is 10.8 Å². The molecule has 0 spiro atoms. The van der Waals surface area contributed by atoms with Gasteiger partial charge in [0.25, 0.3) is 5.91 Å². The van der Waals surface area contributed by atoms with E-state index in [0.717, 1.165) is 22.6 Å². The monoisotopic (exact) mass is 408 g/mol. The quantitative estimate of drug-likeness (QED) is 0.727. The van der Waals surface area contributed by atoms with E-state index in [1.165, 1.54) is 0 Å². The van der Waals surface area contributed by atoms with E-state index in [9.17, 15) is 9.59 Å². The smallest absolute Gasteiger partial charge is 0.257 e. The topological polar surface area (TPSA) is 88.2 Å². The fourth-order valence-electron chi connectivity index (χ4n) is 3.50. The minimum Gasteiger partial charge on any atom is -0.497 e. The first kappa shape index (κ1) is 21.5. The molecule has 2 aromatic carbocycles. The van der Waals surface area contributed by atoms with Gasteiger partial charge in [-0.05, 0) is 37.1 Å². The lowest BCUT2D eigenvalue weighted by atomic mass is 9.98. The Kier molecular flexibility index (Phi) is 6.84. The number of hydrogen-bond donors (Lipinski definition) is 1. The zero-order chi connectivity index (χ0) is 21.7. The fourth-order valence-corrected chi connectivity index (χ4v) is 3.50. The van der Waals surface area contributed by atoms with Crippen molar-refractivity contribution in [3.63, 3.8) is 0 Å². The number of ether oxygens (including phenoxy) is 1. The Morgan fingerprint density at radius 3 is 2.37 bits per heavy atom. The minimum atomic E-state index is -0.460. The van der Waals surface area contributed by atoms with E-state index in [4.69, 9.17) is 10.5 Å². The van der Waals surface area contributed by atoms with Gasteiger partial charge in [0.15, 0.2) is 0 Å². The zero-order valence-corrected chi connectivity index (χ0v) is 17.6. The Hall–Kier alpha value is -3.19. The van der Waals surface area contributed by atoms with Crippen LogP contribution in [0.2, 0.25) is 0 Å². The molecule has 0 saturated carbocycles. The first-order valence-electron chi connectivity index (χ1n) is 10.00. The number of rotatable bonds is 8. The molecule has 158 valence electrons.